The Morgan fingerprint density at radius 3 is 2.52 bits per heavy atom. The summed E-state index contributed by atoms with van der Waals surface area (Å²) in [6.45, 7) is 26.9. The Balaban J connectivity index is 2.64. The molecule has 0 bridgehead atoms. The van der Waals surface area contributed by atoms with Crippen LogP contribution in [0.3, 0.4) is 0 Å². The number of amides is 1. The molecule has 10 heteroatoms. The van der Waals surface area contributed by atoms with E-state index in [9.17, 15) is 10.0 Å². The molecule has 0 aliphatic carbocycles. The van der Waals surface area contributed by atoms with Crippen molar-refractivity contribution in [3.8, 4) is 0 Å². The third kappa shape index (κ3) is 20.0. The van der Waals surface area contributed by atoms with Gasteiger partial charge in [-0.05, 0) is 88.7 Å². The van der Waals surface area contributed by atoms with Crippen molar-refractivity contribution in [1.29, 1.82) is 0 Å². The van der Waals surface area contributed by atoms with Gasteiger partial charge in [0.2, 0.25) is 5.91 Å². The van der Waals surface area contributed by atoms with Crippen molar-refractivity contribution in [2.45, 2.75) is 111 Å². The molecule has 0 spiro atoms. The van der Waals surface area contributed by atoms with E-state index >= 15 is 0 Å². The van der Waals surface area contributed by atoms with E-state index in [-0.39, 0.29) is 22.7 Å². The molecule has 0 aromatic carbocycles. The largest absolute Gasteiger partial charge is 0.369 e. The second kappa shape index (κ2) is 28.4. The molecule has 1 heterocycles. The van der Waals surface area contributed by atoms with Crippen molar-refractivity contribution in [3.63, 3.8) is 0 Å². The minimum absolute atomic E-state index is 0.00795. The van der Waals surface area contributed by atoms with E-state index < -0.39 is 0 Å². The third-order valence-corrected chi connectivity index (χ3v) is 11.5. The smallest absolute Gasteiger partial charge is 0.223 e. The van der Waals surface area contributed by atoms with E-state index in [0.29, 0.717) is 26.1 Å². The van der Waals surface area contributed by atoms with Crippen molar-refractivity contribution >= 4 is 23.5 Å². The molecule has 4 N–H and O–H groups in total. The summed E-state index contributed by atoms with van der Waals surface area (Å²) in [7, 11) is 3.50. The lowest BCUT2D eigenvalue weighted by Crippen LogP contribution is -2.46. The molecular weight excluding hydrogens is 691 g/mol. The van der Waals surface area contributed by atoms with Gasteiger partial charge in [-0.25, -0.2) is 0 Å². The van der Waals surface area contributed by atoms with Gasteiger partial charge in [0.1, 0.15) is 12.0 Å². The van der Waals surface area contributed by atoms with Gasteiger partial charge in [-0.3, -0.25) is 14.7 Å². The maximum atomic E-state index is 13.2. The topological polar surface area (TPSA) is 95.5 Å². The monoisotopic (exact) mass is 768 g/mol. The Morgan fingerprint density at radius 1 is 1.15 bits per heavy atom. The van der Waals surface area contributed by atoms with Crippen LogP contribution in [-0.4, -0.2) is 108 Å². The summed E-state index contributed by atoms with van der Waals surface area (Å²) in [4.78, 5) is 21.9. The van der Waals surface area contributed by atoms with E-state index in [1.807, 2.05) is 48.9 Å². The second-order valence-corrected chi connectivity index (χ2v) is 16.1. The first-order valence-corrected chi connectivity index (χ1v) is 21.3. The molecule has 306 valence electrons. The number of aliphatic imine (C=N–C) groups is 1. The highest BCUT2D eigenvalue weighted by molar-refractivity contribution is 8.00. The summed E-state index contributed by atoms with van der Waals surface area (Å²) in [5, 5.41) is 21.4. The Morgan fingerprint density at radius 2 is 1.89 bits per heavy atom. The van der Waals surface area contributed by atoms with Gasteiger partial charge in [0, 0.05) is 57.6 Å². The normalized spacial score (nSPS) is 17.4. The van der Waals surface area contributed by atoms with Gasteiger partial charge in [-0.1, -0.05) is 95.4 Å². The predicted octanol–water partition coefficient (Wildman–Crippen LogP) is 8.47. The number of hydroxylamine groups is 2. The number of hydrogen-bond acceptors (Lipinski definition) is 8. The number of nitrogens with one attached hydrogen (secondary N) is 3. The molecule has 0 saturated carbocycles. The van der Waals surface area contributed by atoms with Crippen molar-refractivity contribution in [2.75, 3.05) is 65.7 Å². The van der Waals surface area contributed by atoms with Gasteiger partial charge in [0.15, 0.2) is 0 Å². The van der Waals surface area contributed by atoms with Crippen LogP contribution in [-0.2, 0) is 4.79 Å². The van der Waals surface area contributed by atoms with E-state index in [1.165, 1.54) is 16.2 Å². The predicted molar refractivity (Wildman–Crippen MR) is 236 cm³/mol. The maximum absolute atomic E-state index is 13.2. The number of allylic oxidation sites excluding steroid dienone is 8. The number of rotatable bonds is 28. The van der Waals surface area contributed by atoms with Crippen LogP contribution in [0.1, 0.15) is 100 Å². The fourth-order valence-corrected chi connectivity index (χ4v) is 7.30. The van der Waals surface area contributed by atoms with Gasteiger partial charge in [-0.2, -0.15) is 16.8 Å². The zero-order valence-electron chi connectivity index (χ0n) is 35.7. The number of amidine groups is 1. The molecule has 54 heavy (non-hydrogen) atoms. The quantitative estimate of drug-likeness (QED) is 0.0157. The summed E-state index contributed by atoms with van der Waals surface area (Å²) < 4.78 is 0.0844. The van der Waals surface area contributed by atoms with E-state index in [1.54, 1.807) is 7.05 Å². The van der Waals surface area contributed by atoms with Crippen LogP contribution >= 0.6 is 11.8 Å². The van der Waals surface area contributed by atoms with Crippen LogP contribution in [0.15, 0.2) is 88.8 Å². The highest BCUT2D eigenvalue weighted by Crippen LogP contribution is 2.36. The lowest BCUT2D eigenvalue weighted by atomic mass is 9.97. The molecule has 0 aromatic rings. The van der Waals surface area contributed by atoms with Crippen LogP contribution in [0, 0.1) is 5.92 Å². The zero-order chi connectivity index (χ0) is 40.4. The van der Waals surface area contributed by atoms with Crippen molar-refractivity contribution < 1.29 is 10.0 Å². The van der Waals surface area contributed by atoms with Gasteiger partial charge >= 0.3 is 0 Å². The number of carbonyl (C=O) groups is 1. The summed E-state index contributed by atoms with van der Waals surface area (Å²) in [5.74, 6) is 2.39. The Bertz CT molecular complexity index is 1320. The molecule has 0 radical (unpaired) electrons. The summed E-state index contributed by atoms with van der Waals surface area (Å²) in [5.41, 5.74) is 4.87. The Hall–Kier alpha value is -3.05. The van der Waals surface area contributed by atoms with Gasteiger partial charge in [0.25, 0.3) is 0 Å². The highest BCUT2D eigenvalue weighted by Gasteiger charge is 2.25. The maximum Gasteiger partial charge on any atom is 0.223 e. The summed E-state index contributed by atoms with van der Waals surface area (Å²) in [6.07, 6.45) is 25.7. The average molecular weight is 768 g/mol. The molecule has 9 nitrogen and oxygen atoms in total. The van der Waals surface area contributed by atoms with Crippen LogP contribution in [0.5, 0.6) is 0 Å². The highest BCUT2D eigenvalue weighted by atomic mass is 32.2. The molecule has 0 fully saturated rings. The van der Waals surface area contributed by atoms with Gasteiger partial charge < -0.3 is 26.1 Å². The zero-order valence-corrected chi connectivity index (χ0v) is 36.5. The van der Waals surface area contributed by atoms with Crippen molar-refractivity contribution in [3.05, 3.63) is 83.8 Å². The Labute approximate surface area is 334 Å². The number of likely N-dealkylation sites (N-methyl/N-ethyl adjacent to an activating group) is 1. The fourth-order valence-electron chi connectivity index (χ4n) is 6.08. The molecule has 1 aliphatic heterocycles. The number of carbonyl (C=O) groups excluding carboxylic acids is 1. The van der Waals surface area contributed by atoms with Crippen molar-refractivity contribution in [2.24, 2.45) is 10.9 Å². The minimum atomic E-state index is 0.00795. The van der Waals surface area contributed by atoms with E-state index in [4.69, 9.17) is 0 Å². The van der Waals surface area contributed by atoms with Gasteiger partial charge in [-0.15, -0.1) is 0 Å². The summed E-state index contributed by atoms with van der Waals surface area (Å²) in [6, 6.07) is 0. The number of thioether (sulfide) groups is 1. The molecule has 3 atom stereocenters. The average Bonchev–Trinajstić information content (AvgIpc) is 3.61. The van der Waals surface area contributed by atoms with Crippen LogP contribution in [0.25, 0.3) is 0 Å². The number of nitrogens with zero attached hydrogens (tertiary/aromatic N) is 4. The summed E-state index contributed by atoms with van der Waals surface area (Å²) >= 11 is 2.03. The molecule has 1 amide bonds. The molecule has 1 rings (SSSR count). The Kier molecular flexibility index (Phi) is 25.7. The van der Waals surface area contributed by atoms with Gasteiger partial charge in [0.05, 0.1) is 18.8 Å². The molecule has 1 aliphatic rings. The van der Waals surface area contributed by atoms with E-state index in [0.717, 1.165) is 87.6 Å². The number of hydrogen-bond donors (Lipinski definition) is 4. The first-order chi connectivity index (χ1) is 25.9. The SMILES string of the molecule is C=C(/C=C\CCSC(C)(CC)C(C)=CC/C=C(\CC)C1=CNC(CN(CCC)C(=O)C[C@@H](C)/C=C\C=C/C)N1)CN/C(CN(CCC)CCN(C)O)=N\C. The van der Waals surface area contributed by atoms with Crippen molar-refractivity contribution in [1.82, 2.24) is 30.8 Å². The third-order valence-electron chi connectivity index (χ3n) is 9.77. The lowest BCUT2D eigenvalue weighted by Gasteiger charge is -2.29. The van der Waals surface area contributed by atoms with E-state index in [2.05, 4.69) is 117 Å². The lowest BCUT2D eigenvalue weighted by molar-refractivity contribution is -0.132. The van der Waals surface area contributed by atoms with Crippen LogP contribution in [0.4, 0.5) is 0 Å². The first kappa shape index (κ1) is 49.0. The second-order valence-electron chi connectivity index (χ2n) is 14.5. The molecule has 2 unspecified atom stereocenters. The van der Waals surface area contributed by atoms with Crippen LogP contribution in [0.2, 0.25) is 0 Å². The van der Waals surface area contributed by atoms with Crippen LogP contribution < -0.4 is 16.0 Å². The minimum Gasteiger partial charge on any atom is -0.369 e. The standard InChI is InChI=1S/C44H77N7O2S/c1-12-17-18-22-36(6)31-43(52)51(27-14-3)35-42-47-33-40(48-42)39(15-4)25-21-24-38(8)44(9,16-5)54-30-20-19-23-37(7)32-46-41(45-10)34-50(26-13-2)29-28-49(11)53/h12,17-19,22-25,33,36,42,47-48,53H,7,13-16,20-21,26-32,34-35H2,1-6,8-11H3,(H,45,46)/b17-12-,22-18-,23-19-,38-24?,39-25+/t36-,42?,44?/m0/s1. The molecular formula is C44H77N7O2S. The molecule has 0 saturated heterocycles. The fraction of sp³-hybridized carbons (Fsp3) is 0.636. The molecule has 0 aromatic heterocycles. The first-order valence-electron chi connectivity index (χ1n) is 20.3.